The third-order valence-electron chi connectivity index (χ3n) is 5.30. The summed E-state index contributed by atoms with van der Waals surface area (Å²) < 4.78 is 19.5. The summed E-state index contributed by atoms with van der Waals surface area (Å²) in [7, 11) is 0. The number of likely N-dealkylation sites (tertiary alicyclic amines) is 1. The molecule has 0 bridgehead atoms. The van der Waals surface area contributed by atoms with Crippen molar-refractivity contribution in [1.29, 1.82) is 0 Å². The number of hydrogen-bond acceptors (Lipinski definition) is 3. The third kappa shape index (κ3) is 3.41. The predicted molar refractivity (Wildman–Crippen MR) is 95.6 cm³/mol. The fraction of sp³-hybridized carbons (Fsp3) is 0.350. The number of benzene rings is 2. The summed E-state index contributed by atoms with van der Waals surface area (Å²) in [6, 6.07) is 12.3. The van der Waals surface area contributed by atoms with E-state index in [-0.39, 0.29) is 18.3 Å². The van der Waals surface area contributed by atoms with E-state index < -0.39 is 5.97 Å². The van der Waals surface area contributed by atoms with Crippen molar-refractivity contribution in [3.8, 4) is 5.75 Å². The summed E-state index contributed by atoms with van der Waals surface area (Å²) in [4.78, 5) is 13.3. The summed E-state index contributed by atoms with van der Waals surface area (Å²) in [6.07, 6.45) is 0. The van der Waals surface area contributed by atoms with Gasteiger partial charge in [-0.2, -0.15) is 0 Å². The highest BCUT2D eigenvalue weighted by atomic mass is 35.5. The molecule has 2 aromatic carbocycles. The molecule has 3 atom stereocenters. The first-order chi connectivity index (χ1) is 12.5. The van der Waals surface area contributed by atoms with Crippen LogP contribution in [0.4, 0.5) is 4.39 Å². The number of carbonyl (C=O) groups is 1. The molecule has 1 unspecified atom stereocenters. The maximum Gasteiger partial charge on any atom is 0.307 e. The van der Waals surface area contributed by atoms with Crippen LogP contribution in [-0.2, 0) is 17.9 Å². The normalized spacial score (nSPS) is 24.3. The fourth-order valence-electron chi connectivity index (χ4n) is 3.93. The lowest BCUT2D eigenvalue weighted by atomic mass is 10.2. The lowest BCUT2D eigenvalue weighted by Gasteiger charge is -2.19. The van der Waals surface area contributed by atoms with Gasteiger partial charge in [0.1, 0.15) is 18.2 Å². The second kappa shape index (κ2) is 6.89. The maximum atomic E-state index is 13.8. The largest absolute Gasteiger partial charge is 0.489 e. The van der Waals surface area contributed by atoms with E-state index in [2.05, 4.69) is 4.90 Å². The van der Waals surface area contributed by atoms with Gasteiger partial charge in [-0.25, -0.2) is 4.39 Å². The standard InChI is InChI=1S/C20H19ClFNO3/c21-17-5-2-6-18(22)16(17)11-26-13-4-1-3-12(7-13)8-23-9-14-15(10-23)19(14)20(24)25/h1-7,14-15,19H,8-11H2,(H,24,25)/t14-,15+,19?. The van der Waals surface area contributed by atoms with E-state index in [1.165, 1.54) is 6.07 Å². The molecule has 6 heteroatoms. The molecule has 1 saturated heterocycles. The molecule has 2 fully saturated rings. The van der Waals surface area contributed by atoms with Gasteiger partial charge in [0.25, 0.3) is 0 Å². The van der Waals surface area contributed by atoms with Crippen LogP contribution in [-0.4, -0.2) is 29.1 Å². The molecule has 4 rings (SSSR count). The first-order valence-electron chi connectivity index (χ1n) is 8.62. The molecular weight excluding hydrogens is 357 g/mol. The Morgan fingerprint density at radius 3 is 2.65 bits per heavy atom. The lowest BCUT2D eigenvalue weighted by molar-refractivity contribution is -0.139. The van der Waals surface area contributed by atoms with Crippen molar-refractivity contribution in [3.63, 3.8) is 0 Å². The number of rotatable bonds is 6. The van der Waals surface area contributed by atoms with E-state index in [1.54, 1.807) is 12.1 Å². The third-order valence-corrected chi connectivity index (χ3v) is 5.66. The van der Waals surface area contributed by atoms with Crippen molar-refractivity contribution in [3.05, 3.63) is 64.4 Å². The molecule has 1 aliphatic heterocycles. The van der Waals surface area contributed by atoms with Crippen molar-refractivity contribution in [2.75, 3.05) is 13.1 Å². The van der Waals surface area contributed by atoms with E-state index in [0.29, 0.717) is 28.2 Å². The van der Waals surface area contributed by atoms with Crippen LogP contribution in [0.2, 0.25) is 5.02 Å². The second-order valence-corrected chi connectivity index (χ2v) is 7.43. The van der Waals surface area contributed by atoms with E-state index in [0.717, 1.165) is 25.2 Å². The number of ether oxygens (including phenoxy) is 1. The smallest absolute Gasteiger partial charge is 0.307 e. The molecular formula is C20H19ClFNO3. The first kappa shape index (κ1) is 17.3. The maximum absolute atomic E-state index is 13.8. The second-order valence-electron chi connectivity index (χ2n) is 7.02. The summed E-state index contributed by atoms with van der Waals surface area (Å²) in [5, 5.41) is 9.44. The van der Waals surface area contributed by atoms with Crippen molar-refractivity contribution >= 4 is 17.6 Å². The van der Waals surface area contributed by atoms with Gasteiger partial charge in [-0.3, -0.25) is 9.69 Å². The van der Waals surface area contributed by atoms with Crippen LogP contribution < -0.4 is 4.74 Å². The van der Waals surface area contributed by atoms with Gasteiger partial charge in [-0.05, 0) is 41.7 Å². The molecule has 2 aliphatic rings. The van der Waals surface area contributed by atoms with Gasteiger partial charge < -0.3 is 9.84 Å². The molecule has 26 heavy (non-hydrogen) atoms. The van der Waals surface area contributed by atoms with Crippen molar-refractivity contribution < 1.29 is 19.0 Å². The lowest BCUT2D eigenvalue weighted by Crippen LogP contribution is -2.25. The number of piperidine rings is 1. The zero-order valence-corrected chi connectivity index (χ0v) is 14.8. The zero-order chi connectivity index (χ0) is 18.3. The number of aliphatic carboxylic acids is 1. The Balaban J connectivity index is 1.35. The van der Waals surface area contributed by atoms with Crippen LogP contribution in [0.5, 0.6) is 5.75 Å². The highest BCUT2D eigenvalue weighted by Gasteiger charge is 2.59. The number of carboxylic acid groups (broad SMARTS) is 1. The van der Waals surface area contributed by atoms with Crippen LogP contribution >= 0.6 is 11.6 Å². The Morgan fingerprint density at radius 2 is 1.96 bits per heavy atom. The summed E-state index contributed by atoms with van der Waals surface area (Å²) in [5.41, 5.74) is 1.44. The van der Waals surface area contributed by atoms with Gasteiger partial charge in [0.05, 0.1) is 10.9 Å². The Hall–Kier alpha value is -2.11. The Bertz CT molecular complexity index is 811. The number of fused-ring (bicyclic) bond motifs is 1. The molecule has 1 N–H and O–H groups in total. The highest BCUT2D eigenvalue weighted by Crippen LogP contribution is 2.52. The molecule has 1 saturated carbocycles. The number of nitrogens with zero attached hydrogens (tertiary/aromatic N) is 1. The van der Waals surface area contributed by atoms with Crippen molar-refractivity contribution in [1.82, 2.24) is 4.90 Å². The average Bonchev–Trinajstić information content (AvgIpc) is 3.12. The molecule has 2 aromatic rings. The Labute approximate surface area is 156 Å². The first-order valence-corrected chi connectivity index (χ1v) is 9.00. The van der Waals surface area contributed by atoms with Gasteiger partial charge in [0.15, 0.2) is 0 Å². The topological polar surface area (TPSA) is 49.8 Å². The van der Waals surface area contributed by atoms with Crippen LogP contribution in [0.1, 0.15) is 11.1 Å². The minimum atomic E-state index is -0.665. The van der Waals surface area contributed by atoms with Crippen molar-refractivity contribution in [2.45, 2.75) is 13.2 Å². The van der Waals surface area contributed by atoms with E-state index in [1.807, 2.05) is 24.3 Å². The Kier molecular flexibility index (Phi) is 4.59. The van der Waals surface area contributed by atoms with Crippen molar-refractivity contribution in [2.24, 2.45) is 17.8 Å². The zero-order valence-electron chi connectivity index (χ0n) is 14.1. The average molecular weight is 376 g/mol. The van der Waals surface area contributed by atoms with E-state index in [9.17, 15) is 9.18 Å². The van der Waals surface area contributed by atoms with Crippen LogP contribution in [0.15, 0.2) is 42.5 Å². The monoisotopic (exact) mass is 375 g/mol. The van der Waals surface area contributed by atoms with Gasteiger partial charge in [0.2, 0.25) is 0 Å². The molecule has 0 amide bonds. The van der Waals surface area contributed by atoms with Crippen LogP contribution in [0, 0.1) is 23.6 Å². The molecule has 1 heterocycles. The number of carboxylic acids is 1. The molecule has 0 aromatic heterocycles. The number of hydrogen-bond donors (Lipinski definition) is 1. The summed E-state index contributed by atoms with van der Waals surface area (Å²) in [5.74, 6) is 0.0751. The predicted octanol–water partition coefficient (Wildman–Crippen LogP) is 3.82. The fourth-order valence-corrected chi connectivity index (χ4v) is 4.14. The van der Waals surface area contributed by atoms with Gasteiger partial charge in [-0.1, -0.05) is 29.8 Å². The van der Waals surface area contributed by atoms with Gasteiger partial charge >= 0.3 is 5.97 Å². The molecule has 0 spiro atoms. The summed E-state index contributed by atoms with van der Waals surface area (Å²) in [6.45, 7) is 2.50. The highest BCUT2D eigenvalue weighted by molar-refractivity contribution is 6.31. The Morgan fingerprint density at radius 1 is 1.23 bits per heavy atom. The van der Waals surface area contributed by atoms with Crippen LogP contribution in [0.25, 0.3) is 0 Å². The quantitative estimate of drug-likeness (QED) is 0.833. The number of halogens is 2. The minimum Gasteiger partial charge on any atom is -0.489 e. The van der Waals surface area contributed by atoms with Gasteiger partial charge in [-0.15, -0.1) is 0 Å². The molecule has 1 aliphatic carbocycles. The van der Waals surface area contributed by atoms with Crippen LogP contribution in [0.3, 0.4) is 0 Å². The van der Waals surface area contributed by atoms with E-state index in [4.69, 9.17) is 21.4 Å². The summed E-state index contributed by atoms with van der Waals surface area (Å²) >= 11 is 6.02. The van der Waals surface area contributed by atoms with Gasteiger partial charge in [0, 0.05) is 25.2 Å². The molecule has 4 nitrogen and oxygen atoms in total. The minimum absolute atomic E-state index is 0.0725. The SMILES string of the molecule is O=C(O)C1[C@H]2CN(Cc3cccc(OCc4c(F)cccc4Cl)c3)C[C@@H]12. The molecule has 136 valence electrons. The molecule has 0 radical (unpaired) electrons. The van der Waals surface area contributed by atoms with E-state index >= 15 is 0 Å².